The monoisotopic (exact) mass is 170 g/mol. The summed E-state index contributed by atoms with van der Waals surface area (Å²) in [6.45, 7) is 0. The number of H-pyrrole nitrogens is 1. The molecule has 0 aliphatic carbocycles. The van der Waals surface area contributed by atoms with Crippen LogP contribution >= 0.6 is 0 Å². The summed E-state index contributed by atoms with van der Waals surface area (Å²) < 4.78 is 0. The average Bonchev–Trinajstić information content (AvgIpc) is 1.76. The molecule has 0 saturated carbocycles. The van der Waals surface area contributed by atoms with Crippen molar-refractivity contribution in [1.29, 1.82) is 0 Å². The van der Waals surface area contributed by atoms with Gasteiger partial charge in [-0.15, -0.1) is 0 Å². The fourth-order valence-electron chi connectivity index (χ4n) is 0.278. The molecule has 0 bridgehead atoms. The first-order valence-corrected chi connectivity index (χ1v) is 1.58. The molecule has 0 atom stereocenters. The van der Waals surface area contributed by atoms with Gasteiger partial charge in [-0.3, -0.25) is 0 Å². The molecule has 0 unspecified atom stereocenters. The molecule has 1 nitrogen and oxygen atoms in total. The molecular formula is C4H5BrMgN+. The van der Waals surface area contributed by atoms with Gasteiger partial charge in [0.25, 0.3) is 0 Å². The maximum atomic E-state index is 2.86. The second kappa shape index (κ2) is 6.53. The second-order valence-electron chi connectivity index (χ2n) is 0.885. The van der Waals surface area contributed by atoms with E-state index in [-0.39, 0.29) is 40.0 Å². The van der Waals surface area contributed by atoms with Gasteiger partial charge >= 0.3 is 23.1 Å². The fraction of sp³-hybridized carbons (Fsp3) is 0. The zero-order valence-electron chi connectivity index (χ0n) is 3.89. The van der Waals surface area contributed by atoms with Crippen LogP contribution in [0.1, 0.15) is 0 Å². The van der Waals surface area contributed by atoms with E-state index < -0.39 is 0 Å². The van der Waals surface area contributed by atoms with Crippen LogP contribution in [0.5, 0.6) is 0 Å². The molecular weight excluding hydrogens is 166 g/mol. The quantitative estimate of drug-likeness (QED) is 0.420. The first-order chi connectivity index (χ1) is 2.50. The molecule has 1 heterocycles. The van der Waals surface area contributed by atoms with E-state index in [4.69, 9.17) is 0 Å². The third-order valence-electron chi connectivity index (χ3n) is 0.496. The molecule has 0 fully saturated rings. The number of aromatic nitrogens is 1. The van der Waals surface area contributed by atoms with Gasteiger partial charge < -0.3 is 22.0 Å². The molecule has 0 spiro atoms. The van der Waals surface area contributed by atoms with Crippen molar-refractivity contribution in [2.75, 3.05) is 0 Å². The Morgan fingerprint density at radius 3 is 1.57 bits per heavy atom. The van der Waals surface area contributed by atoms with Crippen molar-refractivity contribution in [2.24, 2.45) is 0 Å². The summed E-state index contributed by atoms with van der Waals surface area (Å²) in [5.41, 5.74) is 0. The predicted octanol–water partition coefficient (Wildman–Crippen LogP) is -2.36. The van der Waals surface area contributed by atoms with Gasteiger partial charge in [0, 0.05) is 12.4 Å². The summed E-state index contributed by atoms with van der Waals surface area (Å²) in [6.07, 6.45) is 3.75. The zero-order chi connectivity index (χ0) is 3.54. The van der Waals surface area contributed by atoms with Gasteiger partial charge in [-0.05, 0) is 12.1 Å². The number of hydrogen-bond acceptors (Lipinski definition) is 0. The number of halogens is 1. The molecule has 7 heavy (non-hydrogen) atoms. The predicted molar refractivity (Wildman–Crippen MR) is 26.5 cm³/mol. The normalized spacial score (nSPS) is 5.71. The molecule has 0 radical (unpaired) electrons. The Bertz CT molecular complexity index is 68.2. The maximum Gasteiger partial charge on any atom is 2.00 e. The SMILES string of the molecule is [Br-].[Mg+2].c1cc[nH]c1. The van der Waals surface area contributed by atoms with Crippen molar-refractivity contribution in [3.05, 3.63) is 24.5 Å². The van der Waals surface area contributed by atoms with E-state index in [1.165, 1.54) is 0 Å². The van der Waals surface area contributed by atoms with Crippen LogP contribution in [-0.2, 0) is 0 Å². The molecule has 1 rings (SSSR count). The Labute approximate surface area is 69.4 Å². The summed E-state index contributed by atoms with van der Waals surface area (Å²) in [4.78, 5) is 2.86. The summed E-state index contributed by atoms with van der Waals surface area (Å²) in [5, 5.41) is 0. The first-order valence-electron chi connectivity index (χ1n) is 1.58. The van der Waals surface area contributed by atoms with Crippen LogP contribution in [0, 0.1) is 0 Å². The van der Waals surface area contributed by atoms with Crippen LogP contribution in [0.4, 0.5) is 0 Å². The van der Waals surface area contributed by atoms with Crippen LogP contribution in [0.25, 0.3) is 0 Å². The van der Waals surface area contributed by atoms with Gasteiger partial charge in [-0.1, -0.05) is 0 Å². The topological polar surface area (TPSA) is 15.8 Å². The fourth-order valence-corrected chi connectivity index (χ4v) is 0.278. The standard InChI is InChI=1S/C4H5N.BrH.Mg/c1-2-4-5-3-1;;/h1-5H;1H;/q;;+2/p-1. The number of nitrogens with one attached hydrogen (secondary N) is 1. The Hall–Kier alpha value is 0.526. The number of aromatic amines is 1. The molecule has 34 valence electrons. The number of hydrogen-bond donors (Lipinski definition) is 1. The van der Waals surface area contributed by atoms with E-state index in [1.807, 2.05) is 24.5 Å². The van der Waals surface area contributed by atoms with E-state index in [9.17, 15) is 0 Å². The summed E-state index contributed by atoms with van der Waals surface area (Å²) in [7, 11) is 0. The van der Waals surface area contributed by atoms with Crippen LogP contribution < -0.4 is 17.0 Å². The van der Waals surface area contributed by atoms with Crippen molar-refractivity contribution in [2.45, 2.75) is 0 Å². The van der Waals surface area contributed by atoms with Gasteiger partial charge in [0.15, 0.2) is 0 Å². The Morgan fingerprint density at radius 1 is 1.00 bits per heavy atom. The van der Waals surface area contributed by atoms with E-state index >= 15 is 0 Å². The minimum atomic E-state index is 0. The Balaban J connectivity index is 0. The van der Waals surface area contributed by atoms with E-state index in [0.717, 1.165) is 0 Å². The van der Waals surface area contributed by atoms with Gasteiger partial charge in [-0.2, -0.15) is 0 Å². The van der Waals surface area contributed by atoms with E-state index in [0.29, 0.717) is 0 Å². The Morgan fingerprint density at radius 2 is 1.43 bits per heavy atom. The molecule has 0 aromatic carbocycles. The van der Waals surface area contributed by atoms with Crippen molar-refractivity contribution in [3.8, 4) is 0 Å². The zero-order valence-corrected chi connectivity index (χ0v) is 6.89. The summed E-state index contributed by atoms with van der Waals surface area (Å²) >= 11 is 0. The van der Waals surface area contributed by atoms with Gasteiger partial charge in [0.05, 0.1) is 0 Å². The minimum absolute atomic E-state index is 0. The molecule has 1 aromatic rings. The first kappa shape index (κ1) is 10.5. The van der Waals surface area contributed by atoms with E-state index in [1.54, 1.807) is 0 Å². The Kier molecular flexibility index (Phi) is 9.79. The molecule has 1 aromatic heterocycles. The summed E-state index contributed by atoms with van der Waals surface area (Å²) in [6, 6.07) is 3.89. The van der Waals surface area contributed by atoms with Gasteiger partial charge in [0.1, 0.15) is 0 Å². The van der Waals surface area contributed by atoms with Crippen molar-refractivity contribution >= 4 is 23.1 Å². The second-order valence-corrected chi connectivity index (χ2v) is 0.885. The molecule has 0 aliphatic heterocycles. The van der Waals surface area contributed by atoms with Gasteiger partial charge in [0.2, 0.25) is 0 Å². The van der Waals surface area contributed by atoms with E-state index in [2.05, 4.69) is 4.98 Å². The largest absolute Gasteiger partial charge is 2.00 e. The number of rotatable bonds is 0. The average molecular weight is 171 g/mol. The summed E-state index contributed by atoms with van der Waals surface area (Å²) in [5.74, 6) is 0. The molecule has 0 saturated heterocycles. The molecule has 1 N–H and O–H groups in total. The smallest absolute Gasteiger partial charge is 1.00 e. The van der Waals surface area contributed by atoms with Gasteiger partial charge in [-0.25, -0.2) is 0 Å². The van der Waals surface area contributed by atoms with Crippen LogP contribution in [0.3, 0.4) is 0 Å². The third kappa shape index (κ3) is 4.38. The van der Waals surface area contributed by atoms with Crippen LogP contribution in [0.2, 0.25) is 0 Å². The van der Waals surface area contributed by atoms with Crippen molar-refractivity contribution in [1.82, 2.24) is 4.98 Å². The van der Waals surface area contributed by atoms with Crippen LogP contribution in [-0.4, -0.2) is 28.0 Å². The third-order valence-corrected chi connectivity index (χ3v) is 0.496. The minimum Gasteiger partial charge on any atom is -1.00 e. The molecule has 3 heteroatoms. The maximum absolute atomic E-state index is 2.86. The van der Waals surface area contributed by atoms with Crippen molar-refractivity contribution in [3.63, 3.8) is 0 Å². The molecule has 0 aliphatic rings. The van der Waals surface area contributed by atoms with Crippen molar-refractivity contribution < 1.29 is 17.0 Å². The van der Waals surface area contributed by atoms with Crippen LogP contribution in [0.15, 0.2) is 24.5 Å². The molecule has 0 amide bonds.